The number of anilines is 1. The second-order valence-corrected chi connectivity index (χ2v) is 9.54. The Hall–Kier alpha value is -3.73. The van der Waals surface area contributed by atoms with Gasteiger partial charge in [-0.1, -0.05) is 56.3 Å². The van der Waals surface area contributed by atoms with Crippen LogP contribution in [-0.2, 0) is 9.59 Å². The third-order valence-electron chi connectivity index (χ3n) is 7.60. The molecular formula is C28H23NO4. The van der Waals surface area contributed by atoms with Crippen LogP contribution in [0.5, 0.6) is 0 Å². The number of amides is 2. The fourth-order valence-electron chi connectivity index (χ4n) is 6.11. The summed E-state index contributed by atoms with van der Waals surface area (Å²) in [7, 11) is 0. The number of carbonyl (C=O) groups is 3. The average molecular weight is 437 g/mol. The van der Waals surface area contributed by atoms with E-state index in [4.69, 9.17) is 0 Å². The largest absolute Gasteiger partial charge is 0.478 e. The lowest BCUT2D eigenvalue weighted by atomic mass is 9.54. The van der Waals surface area contributed by atoms with Crippen LogP contribution >= 0.6 is 0 Å². The van der Waals surface area contributed by atoms with Crippen LogP contribution in [0, 0.1) is 11.8 Å². The van der Waals surface area contributed by atoms with Crippen LogP contribution in [0.2, 0.25) is 0 Å². The van der Waals surface area contributed by atoms with Crippen LogP contribution in [0.25, 0.3) is 0 Å². The molecule has 3 aromatic rings. The van der Waals surface area contributed by atoms with Gasteiger partial charge in [-0.05, 0) is 58.0 Å². The van der Waals surface area contributed by atoms with Gasteiger partial charge in [0.05, 0.1) is 23.1 Å². The van der Waals surface area contributed by atoms with Crippen molar-refractivity contribution in [3.05, 3.63) is 100 Å². The summed E-state index contributed by atoms with van der Waals surface area (Å²) >= 11 is 0. The predicted molar refractivity (Wildman–Crippen MR) is 124 cm³/mol. The van der Waals surface area contributed by atoms with Crippen molar-refractivity contribution in [2.45, 2.75) is 31.6 Å². The maximum Gasteiger partial charge on any atom is 0.335 e. The van der Waals surface area contributed by atoms with E-state index in [2.05, 4.69) is 44.2 Å². The van der Waals surface area contributed by atoms with E-state index >= 15 is 0 Å². The molecule has 1 aliphatic heterocycles. The number of imide groups is 1. The number of aromatic carboxylic acids is 1. The summed E-state index contributed by atoms with van der Waals surface area (Å²) in [5, 5.41) is 9.21. The number of rotatable bonds is 3. The van der Waals surface area contributed by atoms with E-state index in [1.807, 2.05) is 12.1 Å². The molecule has 164 valence electrons. The van der Waals surface area contributed by atoms with Gasteiger partial charge in [0, 0.05) is 11.8 Å². The molecule has 3 aromatic carbocycles. The van der Waals surface area contributed by atoms with E-state index < -0.39 is 17.8 Å². The normalized spacial score (nSPS) is 24.6. The Morgan fingerprint density at radius 3 is 1.88 bits per heavy atom. The lowest BCUT2D eigenvalue weighted by molar-refractivity contribution is -0.122. The summed E-state index contributed by atoms with van der Waals surface area (Å²) in [4.78, 5) is 40.1. The smallest absolute Gasteiger partial charge is 0.335 e. The van der Waals surface area contributed by atoms with Gasteiger partial charge in [-0.25, -0.2) is 9.69 Å². The van der Waals surface area contributed by atoms with E-state index in [0.29, 0.717) is 11.6 Å². The average Bonchev–Trinajstić information content (AvgIpc) is 3.09. The molecule has 4 aliphatic rings. The Labute approximate surface area is 191 Å². The number of carboxylic acids is 1. The van der Waals surface area contributed by atoms with Crippen LogP contribution in [0.3, 0.4) is 0 Å². The van der Waals surface area contributed by atoms with Crippen molar-refractivity contribution in [2.75, 3.05) is 4.90 Å². The molecule has 1 N–H and O–H groups in total. The van der Waals surface area contributed by atoms with Crippen molar-refractivity contribution in [1.29, 1.82) is 0 Å². The van der Waals surface area contributed by atoms with E-state index in [1.54, 1.807) is 12.1 Å². The second-order valence-electron chi connectivity index (χ2n) is 9.54. The zero-order chi connectivity index (χ0) is 23.0. The molecule has 0 saturated carbocycles. The van der Waals surface area contributed by atoms with Crippen LogP contribution < -0.4 is 4.90 Å². The first kappa shape index (κ1) is 19.9. The van der Waals surface area contributed by atoms with Gasteiger partial charge in [0.15, 0.2) is 0 Å². The maximum absolute atomic E-state index is 13.8. The Balaban J connectivity index is 1.51. The van der Waals surface area contributed by atoms with Crippen LogP contribution in [0.4, 0.5) is 5.69 Å². The molecule has 0 unspecified atom stereocenters. The maximum atomic E-state index is 13.8. The standard InChI is InChI=1S/C28H23NO4/c1-14(2)16-9-12-20-21(13-16)23-19-6-4-3-5-18(19)22(20)24-25(23)27(31)29(26(24)30)17-10-7-15(8-11-17)28(32)33/h3-14,22-25H,1-2H3,(H,32,33)/t22-,23-,24-,25+/m0/s1. The van der Waals surface area contributed by atoms with Gasteiger partial charge in [0.25, 0.3) is 0 Å². The molecule has 4 atom stereocenters. The Morgan fingerprint density at radius 2 is 1.33 bits per heavy atom. The molecule has 3 aliphatic carbocycles. The highest BCUT2D eigenvalue weighted by Gasteiger charge is 2.61. The number of hydrogen-bond donors (Lipinski definition) is 1. The SMILES string of the molecule is CC(C)c1ccc2c(c1)[C@@H]1c3ccccc3[C@@H]2[C@@H]2C(=O)N(c3ccc(C(=O)O)cc3)C(=O)[C@H]12. The van der Waals surface area contributed by atoms with Crippen molar-refractivity contribution < 1.29 is 19.5 Å². The first-order valence-electron chi connectivity index (χ1n) is 11.3. The number of hydrogen-bond acceptors (Lipinski definition) is 3. The van der Waals surface area contributed by atoms with Gasteiger partial charge in [-0.2, -0.15) is 0 Å². The lowest BCUT2D eigenvalue weighted by Crippen LogP contribution is -2.41. The molecule has 1 saturated heterocycles. The summed E-state index contributed by atoms with van der Waals surface area (Å²) < 4.78 is 0. The summed E-state index contributed by atoms with van der Waals surface area (Å²) in [6.45, 7) is 4.32. The molecule has 5 nitrogen and oxygen atoms in total. The van der Waals surface area contributed by atoms with Gasteiger partial charge in [0.2, 0.25) is 11.8 Å². The lowest BCUT2D eigenvalue weighted by Gasteiger charge is -2.46. The third kappa shape index (κ3) is 2.62. The first-order valence-corrected chi connectivity index (χ1v) is 11.3. The Kier molecular flexibility index (Phi) is 4.15. The minimum atomic E-state index is -1.04. The van der Waals surface area contributed by atoms with Gasteiger partial charge in [-0.3, -0.25) is 9.59 Å². The molecule has 0 radical (unpaired) electrons. The van der Waals surface area contributed by atoms with Crippen molar-refractivity contribution in [1.82, 2.24) is 0 Å². The molecule has 7 rings (SSSR count). The Morgan fingerprint density at radius 1 is 0.788 bits per heavy atom. The molecule has 2 bridgehead atoms. The number of nitrogens with zero attached hydrogens (tertiary/aromatic N) is 1. The molecular weight excluding hydrogens is 414 g/mol. The molecule has 0 aromatic heterocycles. The molecule has 1 fully saturated rings. The van der Waals surface area contributed by atoms with Gasteiger partial charge >= 0.3 is 5.97 Å². The molecule has 5 heteroatoms. The fourth-order valence-corrected chi connectivity index (χ4v) is 6.11. The summed E-state index contributed by atoms with van der Waals surface area (Å²) in [6, 6.07) is 20.7. The summed E-state index contributed by atoms with van der Waals surface area (Å²) in [5.74, 6) is -2.29. The number of carbonyl (C=O) groups excluding carboxylic acids is 2. The van der Waals surface area contributed by atoms with Crippen LogP contribution in [0.15, 0.2) is 66.7 Å². The highest BCUT2D eigenvalue weighted by atomic mass is 16.4. The minimum Gasteiger partial charge on any atom is -0.478 e. The predicted octanol–water partition coefficient (Wildman–Crippen LogP) is 4.90. The van der Waals surface area contributed by atoms with Crippen molar-refractivity contribution in [2.24, 2.45) is 11.8 Å². The fraction of sp³-hybridized carbons (Fsp3) is 0.250. The second kappa shape index (κ2) is 6.88. The molecule has 1 heterocycles. The van der Waals surface area contributed by atoms with E-state index in [-0.39, 0.29) is 29.2 Å². The topological polar surface area (TPSA) is 74.7 Å². The third-order valence-corrected chi connectivity index (χ3v) is 7.60. The van der Waals surface area contributed by atoms with Crippen LogP contribution in [-0.4, -0.2) is 22.9 Å². The highest BCUT2D eigenvalue weighted by Crippen LogP contribution is 2.61. The monoisotopic (exact) mass is 437 g/mol. The first-order chi connectivity index (χ1) is 15.9. The van der Waals surface area contributed by atoms with Crippen LogP contribution in [0.1, 0.15) is 69.8 Å². The Bertz CT molecular complexity index is 1340. The van der Waals surface area contributed by atoms with Gasteiger partial charge < -0.3 is 5.11 Å². The van der Waals surface area contributed by atoms with Gasteiger partial charge in [0.1, 0.15) is 0 Å². The van der Waals surface area contributed by atoms with E-state index in [9.17, 15) is 19.5 Å². The quantitative estimate of drug-likeness (QED) is 0.591. The number of benzene rings is 3. The van der Waals surface area contributed by atoms with Crippen molar-refractivity contribution in [3.8, 4) is 0 Å². The van der Waals surface area contributed by atoms with E-state index in [0.717, 1.165) is 22.3 Å². The minimum absolute atomic E-state index is 0.122. The zero-order valence-electron chi connectivity index (χ0n) is 18.4. The van der Waals surface area contributed by atoms with Gasteiger partial charge in [-0.15, -0.1) is 0 Å². The summed E-state index contributed by atoms with van der Waals surface area (Å²) in [5.41, 5.74) is 6.37. The highest BCUT2D eigenvalue weighted by molar-refractivity contribution is 6.23. The van der Waals surface area contributed by atoms with Crippen molar-refractivity contribution >= 4 is 23.5 Å². The zero-order valence-corrected chi connectivity index (χ0v) is 18.4. The van der Waals surface area contributed by atoms with Crippen molar-refractivity contribution in [3.63, 3.8) is 0 Å². The number of carboxylic acid groups (broad SMARTS) is 1. The van der Waals surface area contributed by atoms with E-state index in [1.165, 1.54) is 22.6 Å². The molecule has 0 spiro atoms. The molecule has 33 heavy (non-hydrogen) atoms. The summed E-state index contributed by atoms with van der Waals surface area (Å²) in [6.07, 6.45) is 0. The molecule has 2 amide bonds.